The summed E-state index contributed by atoms with van der Waals surface area (Å²) >= 11 is 10.4. The Bertz CT molecular complexity index is 412. The van der Waals surface area contributed by atoms with Crippen LogP contribution in [0, 0.1) is 0 Å². The van der Waals surface area contributed by atoms with Gasteiger partial charge in [0, 0.05) is 0 Å². The third kappa shape index (κ3) is 2.37. The molecule has 0 fully saturated rings. The van der Waals surface area contributed by atoms with E-state index in [4.69, 9.17) is 0 Å². The highest BCUT2D eigenvalue weighted by atomic mass is 79.9. The molecule has 2 aromatic heterocycles. The van der Waals surface area contributed by atoms with Gasteiger partial charge in [0.1, 0.15) is 0 Å². The Hall–Kier alpha value is 0.1000. The highest BCUT2D eigenvalue weighted by Gasteiger charge is 1.98. The van der Waals surface area contributed by atoms with Crippen molar-refractivity contribution in [2.24, 2.45) is 0 Å². The number of hydrogen-bond acceptors (Lipinski definition) is 2. The zero-order valence-electron chi connectivity index (χ0n) is 7.04. The molecule has 0 spiro atoms. The van der Waals surface area contributed by atoms with Crippen molar-refractivity contribution in [2.75, 3.05) is 0 Å². The van der Waals surface area contributed by atoms with Gasteiger partial charge in [0.2, 0.25) is 0 Å². The Morgan fingerprint density at radius 2 is 1.29 bits per heavy atom. The van der Waals surface area contributed by atoms with Crippen LogP contribution in [0.4, 0.5) is 0 Å². The zero-order chi connectivity index (χ0) is 9.97. The molecule has 0 unspecified atom stereocenters. The summed E-state index contributed by atoms with van der Waals surface area (Å²) in [6.07, 6.45) is 4.24. The van der Waals surface area contributed by atoms with Gasteiger partial charge in [-0.2, -0.15) is 0 Å². The van der Waals surface area contributed by atoms with Gasteiger partial charge in [-0.15, -0.1) is 22.7 Å². The molecule has 0 nitrogen and oxygen atoms in total. The predicted molar refractivity (Wildman–Crippen MR) is 73.0 cm³/mol. The molecular weight excluding hydrogens is 344 g/mol. The molecule has 4 heteroatoms. The lowest BCUT2D eigenvalue weighted by Crippen LogP contribution is -1.65. The summed E-state index contributed by atoms with van der Waals surface area (Å²) in [7, 11) is 0. The van der Waals surface area contributed by atoms with E-state index >= 15 is 0 Å². The van der Waals surface area contributed by atoms with E-state index in [0.29, 0.717) is 0 Å². The van der Waals surface area contributed by atoms with E-state index in [1.54, 1.807) is 22.7 Å². The van der Waals surface area contributed by atoms with Crippen molar-refractivity contribution in [1.82, 2.24) is 0 Å². The predicted octanol–water partition coefficient (Wildman–Crippen LogP) is 5.51. The Kier molecular flexibility index (Phi) is 3.60. The van der Waals surface area contributed by atoms with Gasteiger partial charge in [-0.25, -0.2) is 0 Å². The SMILES string of the molecule is Brc1sccc1C=Cc1ccsc1Br. The zero-order valence-corrected chi connectivity index (χ0v) is 11.8. The van der Waals surface area contributed by atoms with Crippen LogP contribution in [0.2, 0.25) is 0 Å². The van der Waals surface area contributed by atoms with Crippen LogP contribution in [-0.4, -0.2) is 0 Å². The molecule has 0 saturated carbocycles. The first-order valence-electron chi connectivity index (χ1n) is 3.91. The second kappa shape index (κ2) is 4.75. The average molecular weight is 350 g/mol. The minimum Gasteiger partial charge on any atom is -0.136 e. The molecule has 14 heavy (non-hydrogen) atoms. The van der Waals surface area contributed by atoms with E-state index in [0.717, 1.165) is 0 Å². The van der Waals surface area contributed by atoms with Crippen LogP contribution in [0.3, 0.4) is 0 Å². The Labute approximate surface area is 108 Å². The van der Waals surface area contributed by atoms with Crippen molar-refractivity contribution in [3.63, 3.8) is 0 Å². The molecule has 0 atom stereocenters. The summed E-state index contributed by atoms with van der Waals surface area (Å²) in [5, 5.41) is 4.15. The Morgan fingerprint density at radius 3 is 1.57 bits per heavy atom. The van der Waals surface area contributed by atoms with E-state index in [1.807, 2.05) is 0 Å². The minimum atomic E-state index is 1.18. The van der Waals surface area contributed by atoms with Crippen molar-refractivity contribution >= 4 is 66.7 Å². The van der Waals surface area contributed by atoms with Crippen LogP contribution < -0.4 is 0 Å². The van der Waals surface area contributed by atoms with E-state index < -0.39 is 0 Å². The number of rotatable bonds is 2. The normalized spacial score (nSPS) is 11.3. The molecule has 0 radical (unpaired) electrons. The maximum absolute atomic E-state index is 3.51. The lowest BCUT2D eigenvalue weighted by atomic mass is 10.2. The van der Waals surface area contributed by atoms with Crippen LogP contribution >= 0.6 is 54.5 Å². The van der Waals surface area contributed by atoms with Gasteiger partial charge in [0.05, 0.1) is 7.57 Å². The minimum absolute atomic E-state index is 1.18. The third-order valence-corrected chi connectivity index (χ3v) is 5.20. The molecule has 2 rings (SSSR count). The largest absolute Gasteiger partial charge is 0.136 e. The highest BCUT2D eigenvalue weighted by Crippen LogP contribution is 2.28. The Morgan fingerprint density at radius 1 is 0.857 bits per heavy atom. The second-order valence-corrected chi connectivity index (χ2v) is 7.10. The molecule has 0 aromatic carbocycles. The number of thiophene rings is 2. The standard InChI is InChI=1S/C10H6Br2S2/c11-9-7(3-5-13-9)1-2-8-4-6-14-10(8)12/h1-6H. The summed E-state index contributed by atoms with van der Waals surface area (Å²) in [5.41, 5.74) is 2.46. The van der Waals surface area contributed by atoms with Crippen LogP contribution in [0.25, 0.3) is 12.2 Å². The van der Waals surface area contributed by atoms with Gasteiger partial charge in [-0.3, -0.25) is 0 Å². The summed E-state index contributed by atoms with van der Waals surface area (Å²) in [6, 6.07) is 4.21. The molecule has 0 bridgehead atoms. The third-order valence-electron chi connectivity index (χ3n) is 1.73. The molecule has 0 N–H and O–H groups in total. The molecule has 2 aromatic rings. The molecule has 0 aliphatic rings. The first kappa shape index (κ1) is 10.6. The molecular formula is C10H6Br2S2. The van der Waals surface area contributed by atoms with Crippen molar-refractivity contribution in [3.8, 4) is 0 Å². The molecule has 0 aliphatic carbocycles. The quantitative estimate of drug-likeness (QED) is 0.671. The maximum Gasteiger partial charge on any atom is 0.0770 e. The van der Waals surface area contributed by atoms with Gasteiger partial charge in [0.25, 0.3) is 0 Å². The van der Waals surface area contributed by atoms with Crippen LogP contribution in [0.5, 0.6) is 0 Å². The lowest BCUT2D eigenvalue weighted by Gasteiger charge is -1.89. The van der Waals surface area contributed by atoms with Gasteiger partial charge in [0.15, 0.2) is 0 Å². The van der Waals surface area contributed by atoms with E-state index in [2.05, 4.69) is 66.9 Å². The van der Waals surface area contributed by atoms with Gasteiger partial charge >= 0.3 is 0 Å². The van der Waals surface area contributed by atoms with Crippen LogP contribution in [0.15, 0.2) is 30.5 Å². The summed E-state index contributed by atoms with van der Waals surface area (Å²) < 4.78 is 2.36. The van der Waals surface area contributed by atoms with Gasteiger partial charge < -0.3 is 0 Å². The molecule has 0 saturated heterocycles. The first-order valence-corrected chi connectivity index (χ1v) is 7.26. The lowest BCUT2D eigenvalue weighted by molar-refractivity contribution is 1.80. The van der Waals surface area contributed by atoms with Crippen molar-refractivity contribution in [1.29, 1.82) is 0 Å². The van der Waals surface area contributed by atoms with Crippen molar-refractivity contribution < 1.29 is 0 Å². The summed E-state index contributed by atoms with van der Waals surface area (Å²) in [4.78, 5) is 0. The van der Waals surface area contributed by atoms with Gasteiger partial charge in [-0.1, -0.05) is 12.2 Å². The van der Waals surface area contributed by atoms with Crippen LogP contribution in [-0.2, 0) is 0 Å². The molecule has 72 valence electrons. The second-order valence-electron chi connectivity index (χ2n) is 2.63. The van der Waals surface area contributed by atoms with Crippen LogP contribution in [0.1, 0.15) is 11.1 Å². The number of halogens is 2. The summed E-state index contributed by atoms with van der Waals surface area (Å²) in [5.74, 6) is 0. The smallest absolute Gasteiger partial charge is 0.0770 e. The topological polar surface area (TPSA) is 0 Å². The molecule has 0 aliphatic heterocycles. The first-order chi connectivity index (χ1) is 6.77. The average Bonchev–Trinajstić information content (AvgIpc) is 2.72. The highest BCUT2D eigenvalue weighted by molar-refractivity contribution is 9.11. The van der Waals surface area contributed by atoms with Crippen molar-refractivity contribution in [3.05, 3.63) is 41.6 Å². The summed E-state index contributed by atoms with van der Waals surface area (Å²) in [6.45, 7) is 0. The van der Waals surface area contributed by atoms with E-state index in [1.165, 1.54) is 18.7 Å². The van der Waals surface area contributed by atoms with Crippen molar-refractivity contribution in [2.45, 2.75) is 0 Å². The fourth-order valence-electron chi connectivity index (χ4n) is 1.02. The Balaban J connectivity index is 2.23. The van der Waals surface area contributed by atoms with E-state index in [-0.39, 0.29) is 0 Å². The monoisotopic (exact) mass is 348 g/mol. The number of hydrogen-bond donors (Lipinski definition) is 0. The molecule has 0 amide bonds. The van der Waals surface area contributed by atoms with E-state index in [9.17, 15) is 0 Å². The van der Waals surface area contributed by atoms with Gasteiger partial charge in [-0.05, 0) is 65.9 Å². The maximum atomic E-state index is 3.51. The molecule has 2 heterocycles. The fourth-order valence-corrected chi connectivity index (χ4v) is 3.41. The fraction of sp³-hybridized carbons (Fsp3) is 0.